The number of rotatable bonds is 3. The molecular formula is C38H44SiZr. The predicted octanol–water partition coefficient (Wildman–Crippen LogP) is 9.87. The van der Waals surface area contributed by atoms with Gasteiger partial charge in [0.1, 0.15) is 0 Å². The summed E-state index contributed by atoms with van der Waals surface area (Å²) in [6, 6.07) is 35.2. The normalized spacial score (nSPS) is 17.3. The van der Waals surface area contributed by atoms with E-state index in [1.807, 2.05) is 0 Å². The molecule has 6 rings (SSSR count). The van der Waals surface area contributed by atoms with Gasteiger partial charge < -0.3 is 0 Å². The quantitative estimate of drug-likeness (QED) is 0.200. The van der Waals surface area contributed by atoms with Crippen LogP contribution >= 0.6 is 0 Å². The fraction of sp³-hybridized carbons (Fsp3) is 0.316. The molecule has 0 radical (unpaired) electrons. The van der Waals surface area contributed by atoms with Crippen LogP contribution in [0.4, 0.5) is 0 Å². The van der Waals surface area contributed by atoms with Crippen molar-refractivity contribution >= 4 is 12.5 Å². The van der Waals surface area contributed by atoms with Crippen molar-refractivity contribution in [1.82, 2.24) is 0 Å². The fourth-order valence-electron chi connectivity index (χ4n) is 7.40. The van der Waals surface area contributed by atoms with Gasteiger partial charge in [0.25, 0.3) is 0 Å². The van der Waals surface area contributed by atoms with Gasteiger partial charge in [0.05, 0.1) is 0 Å². The van der Waals surface area contributed by atoms with Crippen LogP contribution < -0.4 is 0 Å². The Morgan fingerprint density at radius 3 is 1.60 bits per heavy atom. The van der Waals surface area contributed by atoms with Gasteiger partial charge in [-0.25, -0.2) is 0 Å². The molecule has 0 heterocycles. The van der Waals surface area contributed by atoms with E-state index in [-0.39, 0.29) is 10.8 Å². The zero-order valence-corrected chi connectivity index (χ0v) is 29.5. The van der Waals surface area contributed by atoms with Crippen molar-refractivity contribution in [2.45, 2.75) is 68.9 Å². The van der Waals surface area contributed by atoms with Crippen molar-refractivity contribution in [3.8, 4) is 11.1 Å². The zero-order chi connectivity index (χ0) is 28.7. The molecule has 0 bridgehead atoms. The summed E-state index contributed by atoms with van der Waals surface area (Å²) in [5, 5.41) is 0. The van der Waals surface area contributed by atoms with Crippen LogP contribution in [0, 0.1) is 0 Å². The van der Waals surface area contributed by atoms with Gasteiger partial charge in [-0.2, -0.15) is 0 Å². The second-order valence-electron chi connectivity index (χ2n) is 15.5. The van der Waals surface area contributed by atoms with E-state index in [9.17, 15) is 0 Å². The summed E-state index contributed by atoms with van der Waals surface area (Å²) in [5.74, 6) is 0. The van der Waals surface area contributed by atoms with E-state index < -0.39 is 17.4 Å². The Hall–Kier alpha value is -2.28. The Morgan fingerprint density at radius 2 is 1.07 bits per heavy atom. The van der Waals surface area contributed by atoms with Crippen LogP contribution in [-0.2, 0) is 28.2 Å². The predicted molar refractivity (Wildman–Crippen MR) is 174 cm³/mol. The van der Waals surface area contributed by atoms with Crippen molar-refractivity contribution < 1.29 is 17.4 Å². The van der Waals surface area contributed by atoms with Crippen LogP contribution in [0.25, 0.3) is 16.7 Å². The van der Waals surface area contributed by atoms with Gasteiger partial charge in [-0.3, -0.25) is 0 Å². The molecule has 0 aliphatic heterocycles. The SMILES string of the molecule is CC(C)(C)c1ccc2c(c1)-c1cc(C(C)(C)C)ccc1[CH]2[Zr]([CH3])([CH3])(=[SiH2])[CH]1C=C(c2ccccc2)c2ccccc21. The summed E-state index contributed by atoms with van der Waals surface area (Å²) >= 11 is -3.64. The molecular weight excluding hydrogens is 576 g/mol. The summed E-state index contributed by atoms with van der Waals surface area (Å²) in [6.07, 6.45) is 2.67. The van der Waals surface area contributed by atoms with Gasteiger partial charge in [-0.1, -0.05) is 0 Å². The summed E-state index contributed by atoms with van der Waals surface area (Å²) in [5.41, 5.74) is 14.9. The minimum atomic E-state index is -3.64. The summed E-state index contributed by atoms with van der Waals surface area (Å²) in [7, 11) is 0. The molecule has 204 valence electrons. The molecule has 40 heavy (non-hydrogen) atoms. The molecule has 1 unspecified atom stereocenters. The Kier molecular flexibility index (Phi) is 6.35. The minimum absolute atomic E-state index is 0.122. The zero-order valence-electron chi connectivity index (χ0n) is 25.6. The molecule has 2 aliphatic carbocycles. The topological polar surface area (TPSA) is 0 Å². The van der Waals surface area contributed by atoms with Crippen LogP contribution in [0.3, 0.4) is 0 Å². The molecule has 4 aromatic carbocycles. The molecule has 0 amide bonds. The van der Waals surface area contributed by atoms with Crippen molar-refractivity contribution in [1.29, 1.82) is 0 Å². The number of hydrogen-bond acceptors (Lipinski definition) is 0. The van der Waals surface area contributed by atoms with Gasteiger partial charge in [-0.05, 0) is 0 Å². The molecule has 0 N–H and O–H groups in total. The molecule has 4 aromatic rings. The maximum atomic E-state index is 2.74. The molecule has 0 nitrogen and oxygen atoms in total. The monoisotopic (exact) mass is 618 g/mol. The van der Waals surface area contributed by atoms with E-state index in [0.717, 1.165) is 0 Å². The molecule has 0 saturated heterocycles. The Labute approximate surface area is 244 Å². The number of fused-ring (bicyclic) bond motifs is 4. The number of benzene rings is 4. The average molecular weight is 620 g/mol. The van der Waals surface area contributed by atoms with Crippen LogP contribution in [-0.4, -0.2) is 6.88 Å². The summed E-state index contributed by atoms with van der Waals surface area (Å²) in [4.78, 5) is 0. The molecule has 1 atom stereocenters. The average Bonchev–Trinajstić information content (AvgIpc) is 3.45. The van der Waals surface area contributed by atoms with Crippen LogP contribution in [0.15, 0.2) is 97.1 Å². The molecule has 0 aromatic heterocycles. The van der Waals surface area contributed by atoms with Crippen molar-refractivity contribution in [2.24, 2.45) is 0 Å². The second kappa shape index (κ2) is 9.11. The fourth-order valence-corrected chi connectivity index (χ4v) is 24.0. The van der Waals surface area contributed by atoms with Crippen LogP contribution in [0.2, 0.25) is 9.26 Å². The van der Waals surface area contributed by atoms with Gasteiger partial charge in [0.2, 0.25) is 0 Å². The summed E-state index contributed by atoms with van der Waals surface area (Å²) < 4.78 is 6.45. The van der Waals surface area contributed by atoms with Crippen molar-refractivity contribution in [3.05, 3.63) is 136 Å². The van der Waals surface area contributed by atoms with Crippen molar-refractivity contribution in [3.63, 3.8) is 0 Å². The maximum absolute atomic E-state index is 3.64. The molecule has 2 aliphatic rings. The van der Waals surface area contributed by atoms with E-state index in [1.54, 1.807) is 16.7 Å². The van der Waals surface area contributed by atoms with Gasteiger partial charge in [-0.15, -0.1) is 0 Å². The third-order valence-corrected chi connectivity index (χ3v) is 27.1. The Balaban J connectivity index is 1.60. The van der Waals surface area contributed by atoms with Crippen LogP contribution in [0.5, 0.6) is 0 Å². The standard InChI is InChI=1S/C21H25.C15H11.2CH3.H2Si.Zr/c1-20(2,3)16-9-7-14-11-15-8-10-17(21(4,5)6)13-19(15)18(14)12-16;1-2-6-12(7-3-1)15-11-10-13-8-4-5-9-14(13)15;;;;/h7-13H,1-6H3;1-11H;2*1H3;1H2;. The molecule has 0 spiro atoms. The van der Waals surface area contributed by atoms with E-state index in [0.29, 0.717) is 7.25 Å². The molecule has 0 fully saturated rings. The first-order chi connectivity index (χ1) is 18.7. The van der Waals surface area contributed by atoms with E-state index in [2.05, 4.69) is 155 Å². The Morgan fingerprint density at radius 1 is 0.575 bits per heavy atom. The van der Waals surface area contributed by atoms with E-state index >= 15 is 0 Å². The number of hydrogen-bond donors (Lipinski definition) is 0. The van der Waals surface area contributed by atoms with Gasteiger partial charge in [0, 0.05) is 0 Å². The Bertz CT molecular complexity index is 1670. The first kappa shape index (κ1) is 27.9. The van der Waals surface area contributed by atoms with E-state index in [4.69, 9.17) is 0 Å². The van der Waals surface area contributed by atoms with Gasteiger partial charge in [0.15, 0.2) is 0 Å². The third kappa shape index (κ3) is 4.42. The number of allylic oxidation sites excluding steroid dienone is 1. The first-order valence-corrected chi connectivity index (χ1v) is 28.6. The molecule has 2 heteroatoms. The first-order valence-electron chi connectivity index (χ1n) is 14.9. The van der Waals surface area contributed by atoms with Crippen molar-refractivity contribution in [2.75, 3.05) is 0 Å². The second-order valence-corrected chi connectivity index (χ2v) is 46.1. The summed E-state index contributed by atoms with van der Waals surface area (Å²) in [6.45, 7) is 16.5. The third-order valence-electron chi connectivity index (χ3n) is 9.72. The van der Waals surface area contributed by atoms with E-state index in [1.165, 1.54) is 39.0 Å². The molecule has 0 saturated carbocycles. The van der Waals surface area contributed by atoms with Crippen LogP contribution in [0.1, 0.15) is 87.7 Å². The van der Waals surface area contributed by atoms with Gasteiger partial charge >= 0.3 is 246 Å².